The molecule has 0 N–H and O–H groups in total. The molecule has 0 radical (unpaired) electrons. The Balaban J connectivity index is 2.58. The minimum absolute atomic E-state index is 0.0345. The highest BCUT2D eigenvalue weighted by Crippen LogP contribution is 2.41. The Bertz CT molecular complexity index is 784. The number of methoxy groups -OCH3 is 1. The third-order valence-electron chi connectivity index (χ3n) is 3.67. The standard InChI is InChI=1S/C18H14F6O3/c1-26-15(25)10-27-16(11-5-3-2-4-6-11)13-8-7-12(17(19,20)21)9-14(13)18(22,23)24/h2-9,16H,10H2,1H3. The van der Waals surface area contributed by atoms with Crippen molar-refractivity contribution >= 4 is 5.97 Å². The summed E-state index contributed by atoms with van der Waals surface area (Å²) in [4.78, 5) is 11.3. The van der Waals surface area contributed by atoms with E-state index in [1.807, 2.05) is 0 Å². The molecule has 0 aliphatic carbocycles. The predicted octanol–water partition coefficient (Wildman–Crippen LogP) is 5.00. The first-order valence-corrected chi connectivity index (χ1v) is 7.55. The summed E-state index contributed by atoms with van der Waals surface area (Å²) < 4.78 is 88.6. The zero-order valence-electron chi connectivity index (χ0n) is 13.9. The van der Waals surface area contributed by atoms with Gasteiger partial charge >= 0.3 is 18.3 Å². The van der Waals surface area contributed by atoms with E-state index in [1.165, 1.54) is 24.3 Å². The second-order valence-corrected chi connectivity index (χ2v) is 5.48. The van der Waals surface area contributed by atoms with Gasteiger partial charge in [-0.15, -0.1) is 0 Å². The Kier molecular flexibility index (Phi) is 6.15. The van der Waals surface area contributed by atoms with E-state index < -0.39 is 47.7 Å². The highest BCUT2D eigenvalue weighted by Gasteiger charge is 2.40. The highest BCUT2D eigenvalue weighted by molar-refractivity contribution is 5.70. The quantitative estimate of drug-likeness (QED) is 0.531. The molecule has 0 aliphatic heterocycles. The zero-order chi connectivity index (χ0) is 20.2. The molecule has 0 heterocycles. The van der Waals surface area contributed by atoms with Crippen LogP contribution in [0.25, 0.3) is 0 Å². The summed E-state index contributed by atoms with van der Waals surface area (Å²) in [5.41, 5.74) is -3.22. The van der Waals surface area contributed by atoms with E-state index in [4.69, 9.17) is 4.74 Å². The molecule has 0 amide bonds. The van der Waals surface area contributed by atoms with Crippen LogP contribution < -0.4 is 0 Å². The maximum Gasteiger partial charge on any atom is 0.416 e. The van der Waals surface area contributed by atoms with Crippen molar-refractivity contribution in [1.82, 2.24) is 0 Å². The number of esters is 1. The topological polar surface area (TPSA) is 35.5 Å². The van der Waals surface area contributed by atoms with Crippen molar-refractivity contribution in [3.05, 3.63) is 70.8 Å². The van der Waals surface area contributed by atoms with Crippen LogP contribution in [-0.4, -0.2) is 19.7 Å². The van der Waals surface area contributed by atoms with Gasteiger partial charge in [-0.3, -0.25) is 0 Å². The average molecular weight is 392 g/mol. The van der Waals surface area contributed by atoms with E-state index in [2.05, 4.69) is 4.74 Å². The highest BCUT2D eigenvalue weighted by atomic mass is 19.4. The molecule has 0 aliphatic rings. The molecule has 0 spiro atoms. The molecular formula is C18H14F6O3. The lowest BCUT2D eigenvalue weighted by molar-refractivity contribution is -0.148. The smallest absolute Gasteiger partial charge is 0.416 e. The lowest BCUT2D eigenvalue weighted by Gasteiger charge is -2.23. The monoisotopic (exact) mass is 392 g/mol. The van der Waals surface area contributed by atoms with Crippen molar-refractivity contribution in [2.75, 3.05) is 13.7 Å². The van der Waals surface area contributed by atoms with Crippen LogP contribution in [0, 0.1) is 0 Å². The number of rotatable bonds is 5. The van der Waals surface area contributed by atoms with E-state index in [-0.39, 0.29) is 11.6 Å². The molecule has 9 heteroatoms. The summed E-state index contributed by atoms with van der Waals surface area (Å²) in [6, 6.07) is 8.84. The van der Waals surface area contributed by atoms with Gasteiger partial charge in [-0.05, 0) is 23.3 Å². The number of hydrogen-bond donors (Lipinski definition) is 0. The Hall–Kier alpha value is -2.55. The van der Waals surface area contributed by atoms with Crippen molar-refractivity contribution < 1.29 is 40.6 Å². The second-order valence-electron chi connectivity index (χ2n) is 5.48. The molecule has 0 saturated carbocycles. The Morgan fingerprint density at radius 3 is 2.11 bits per heavy atom. The minimum Gasteiger partial charge on any atom is -0.467 e. The third kappa shape index (κ3) is 5.22. The number of benzene rings is 2. The molecule has 2 rings (SSSR count). The van der Waals surface area contributed by atoms with Crippen LogP contribution in [0.15, 0.2) is 48.5 Å². The van der Waals surface area contributed by atoms with Gasteiger partial charge in [0.25, 0.3) is 0 Å². The fourth-order valence-corrected chi connectivity index (χ4v) is 2.41. The van der Waals surface area contributed by atoms with E-state index in [1.54, 1.807) is 6.07 Å². The number of carbonyl (C=O) groups is 1. The number of halogens is 6. The molecule has 27 heavy (non-hydrogen) atoms. The summed E-state index contributed by atoms with van der Waals surface area (Å²) in [5, 5.41) is 0. The zero-order valence-corrected chi connectivity index (χ0v) is 13.9. The van der Waals surface area contributed by atoms with Gasteiger partial charge in [-0.25, -0.2) is 4.79 Å². The molecule has 3 nitrogen and oxygen atoms in total. The van der Waals surface area contributed by atoms with Crippen LogP contribution in [0.4, 0.5) is 26.3 Å². The van der Waals surface area contributed by atoms with Gasteiger partial charge in [0.05, 0.1) is 18.2 Å². The Labute approximate surface area is 150 Å². The maximum absolute atomic E-state index is 13.4. The largest absolute Gasteiger partial charge is 0.467 e. The summed E-state index contributed by atoms with van der Waals surface area (Å²) in [7, 11) is 1.07. The van der Waals surface area contributed by atoms with E-state index in [9.17, 15) is 31.1 Å². The summed E-state index contributed by atoms with van der Waals surface area (Å²) in [6.07, 6.45) is -11.4. The van der Waals surface area contributed by atoms with Crippen molar-refractivity contribution in [2.45, 2.75) is 18.5 Å². The minimum atomic E-state index is -5.06. The average Bonchev–Trinajstić information content (AvgIpc) is 2.61. The Morgan fingerprint density at radius 2 is 1.59 bits per heavy atom. The molecule has 1 atom stereocenters. The van der Waals surface area contributed by atoms with Gasteiger partial charge in [0.2, 0.25) is 0 Å². The molecule has 146 valence electrons. The number of hydrogen-bond acceptors (Lipinski definition) is 3. The first-order valence-electron chi connectivity index (χ1n) is 7.55. The van der Waals surface area contributed by atoms with Crippen LogP contribution in [0.1, 0.15) is 28.4 Å². The summed E-state index contributed by atoms with van der Waals surface area (Å²) >= 11 is 0. The molecule has 0 saturated heterocycles. The van der Waals surface area contributed by atoms with Gasteiger partial charge in [0, 0.05) is 0 Å². The van der Waals surface area contributed by atoms with Gasteiger partial charge in [0.15, 0.2) is 0 Å². The van der Waals surface area contributed by atoms with Crippen LogP contribution in [0.5, 0.6) is 0 Å². The Morgan fingerprint density at radius 1 is 0.963 bits per heavy atom. The van der Waals surface area contributed by atoms with Crippen LogP contribution >= 0.6 is 0 Å². The number of carbonyl (C=O) groups excluding carboxylic acids is 1. The van der Waals surface area contributed by atoms with E-state index in [0.29, 0.717) is 12.1 Å². The van der Waals surface area contributed by atoms with Gasteiger partial charge in [0.1, 0.15) is 12.7 Å². The molecule has 2 aromatic carbocycles. The molecule has 1 unspecified atom stereocenters. The van der Waals surface area contributed by atoms with Crippen LogP contribution in [0.3, 0.4) is 0 Å². The van der Waals surface area contributed by atoms with Gasteiger partial charge in [-0.2, -0.15) is 26.3 Å². The number of alkyl halides is 6. The fourth-order valence-electron chi connectivity index (χ4n) is 2.41. The van der Waals surface area contributed by atoms with E-state index >= 15 is 0 Å². The van der Waals surface area contributed by atoms with Crippen molar-refractivity contribution in [3.63, 3.8) is 0 Å². The lowest BCUT2D eigenvalue weighted by atomic mass is 9.94. The van der Waals surface area contributed by atoms with Crippen LogP contribution in [0.2, 0.25) is 0 Å². The van der Waals surface area contributed by atoms with Crippen molar-refractivity contribution in [3.8, 4) is 0 Å². The van der Waals surface area contributed by atoms with Gasteiger partial charge in [-0.1, -0.05) is 36.4 Å². The molecule has 2 aromatic rings. The van der Waals surface area contributed by atoms with Gasteiger partial charge < -0.3 is 9.47 Å². The normalized spacial score (nSPS) is 13.3. The third-order valence-corrected chi connectivity index (χ3v) is 3.67. The summed E-state index contributed by atoms with van der Waals surface area (Å²) in [6.45, 7) is -0.672. The van der Waals surface area contributed by atoms with E-state index in [0.717, 1.165) is 7.11 Å². The summed E-state index contributed by atoms with van der Waals surface area (Å²) in [5.74, 6) is -0.837. The molecule has 0 aromatic heterocycles. The van der Waals surface area contributed by atoms with Crippen molar-refractivity contribution in [1.29, 1.82) is 0 Å². The molecule has 0 fully saturated rings. The fraction of sp³-hybridized carbons (Fsp3) is 0.278. The second kappa shape index (κ2) is 7.99. The maximum atomic E-state index is 13.4. The van der Waals surface area contributed by atoms with Crippen molar-refractivity contribution in [2.24, 2.45) is 0 Å². The van der Waals surface area contributed by atoms with Crippen LogP contribution in [-0.2, 0) is 26.6 Å². The SMILES string of the molecule is COC(=O)COC(c1ccccc1)c1ccc(C(F)(F)F)cc1C(F)(F)F. The lowest BCUT2D eigenvalue weighted by Crippen LogP contribution is -2.20. The molecule has 0 bridgehead atoms. The number of ether oxygens (including phenoxy) is 2. The predicted molar refractivity (Wildman–Crippen MR) is 82.7 cm³/mol. The molecular weight excluding hydrogens is 378 g/mol. The first kappa shape index (κ1) is 20.8. The first-order chi connectivity index (χ1) is 12.5.